The lowest BCUT2D eigenvalue weighted by Crippen LogP contribution is -2.41. The summed E-state index contributed by atoms with van der Waals surface area (Å²) in [7, 11) is 1.78. The SMILES string of the molecule is CC(=O)CCC(=O)N1CCC(c2nn(CC(=O)NCC(=O)NCC(=O)OC(C)(C)C)c3nccc(-c4cc5c(cnn5C)cc4F)c23)CC1. The first-order valence-corrected chi connectivity index (χ1v) is 16.2. The number of fused-ring (bicyclic) bond motifs is 2. The van der Waals surface area contributed by atoms with E-state index in [2.05, 4.69) is 20.7 Å². The number of pyridine rings is 1. The summed E-state index contributed by atoms with van der Waals surface area (Å²) >= 11 is 0. The molecule has 1 fully saturated rings. The predicted octanol–water partition coefficient (Wildman–Crippen LogP) is 2.77. The van der Waals surface area contributed by atoms with Crippen molar-refractivity contribution < 1.29 is 33.1 Å². The number of amides is 3. The summed E-state index contributed by atoms with van der Waals surface area (Å²) in [5.41, 5.74) is 1.90. The van der Waals surface area contributed by atoms with Crippen LogP contribution in [0.4, 0.5) is 4.39 Å². The minimum absolute atomic E-state index is 0.0396. The standard InChI is InChI=1S/C34H41FN8O6/c1-20(44)6-7-29(47)42-12-9-21(10-13-42)32-31-23(24-15-26-22(14-25(24)35)16-39-41(26)5)8-11-36-33(31)43(40-32)19-28(46)37-17-27(45)38-18-30(48)49-34(2,3)4/h8,11,14-16,21H,6-7,9-10,12-13,17-19H2,1-5H3,(H,37,46)(H,38,45). The molecule has 1 aromatic carbocycles. The van der Waals surface area contributed by atoms with Gasteiger partial charge < -0.3 is 25.1 Å². The second-order valence-electron chi connectivity index (χ2n) is 13.3. The van der Waals surface area contributed by atoms with Crippen molar-refractivity contribution in [3.05, 3.63) is 42.1 Å². The summed E-state index contributed by atoms with van der Waals surface area (Å²) in [5.74, 6) is -2.40. The fourth-order valence-electron chi connectivity index (χ4n) is 5.95. The van der Waals surface area contributed by atoms with E-state index >= 15 is 4.39 Å². The van der Waals surface area contributed by atoms with E-state index in [9.17, 15) is 24.0 Å². The highest BCUT2D eigenvalue weighted by Crippen LogP contribution is 2.39. The minimum Gasteiger partial charge on any atom is -0.459 e. The van der Waals surface area contributed by atoms with Gasteiger partial charge in [0.2, 0.25) is 17.7 Å². The van der Waals surface area contributed by atoms with E-state index in [0.717, 1.165) is 5.52 Å². The van der Waals surface area contributed by atoms with Gasteiger partial charge in [0.05, 0.1) is 29.3 Å². The Hall–Kier alpha value is -5.21. The second-order valence-corrected chi connectivity index (χ2v) is 13.3. The molecule has 0 bridgehead atoms. The zero-order chi connectivity index (χ0) is 35.5. The number of aryl methyl sites for hydroxylation is 1. The van der Waals surface area contributed by atoms with E-state index in [-0.39, 0.29) is 50.1 Å². The number of rotatable bonds is 11. The van der Waals surface area contributed by atoms with Crippen molar-refractivity contribution in [2.45, 2.75) is 71.4 Å². The highest BCUT2D eigenvalue weighted by Gasteiger charge is 2.30. The van der Waals surface area contributed by atoms with E-state index in [0.29, 0.717) is 59.2 Å². The van der Waals surface area contributed by atoms with Crippen molar-refractivity contribution >= 4 is 51.4 Å². The number of esters is 1. The third-order valence-electron chi connectivity index (χ3n) is 8.30. The van der Waals surface area contributed by atoms with Crippen LogP contribution in [0.5, 0.6) is 0 Å². The Morgan fingerprint density at radius 2 is 1.71 bits per heavy atom. The number of ether oxygens (including phenoxy) is 1. The number of carbonyl (C=O) groups excluding carboxylic acids is 5. The number of carbonyl (C=O) groups is 5. The summed E-state index contributed by atoms with van der Waals surface area (Å²) in [4.78, 5) is 67.7. The molecule has 1 saturated heterocycles. The van der Waals surface area contributed by atoms with Gasteiger partial charge in [-0.05, 0) is 64.3 Å². The molecule has 14 nitrogen and oxygen atoms in total. The molecule has 0 atom stereocenters. The first-order chi connectivity index (χ1) is 23.2. The lowest BCUT2D eigenvalue weighted by Gasteiger charge is -2.31. The molecule has 0 radical (unpaired) electrons. The number of hydrogen-bond donors (Lipinski definition) is 2. The number of piperidine rings is 1. The first-order valence-electron chi connectivity index (χ1n) is 16.2. The Morgan fingerprint density at radius 3 is 2.41 bits per heavy atom. The zero-order valence-corrected chi connectivity index (χ0v) is 28.3. The summed E-state index contributed by atoms with van der Waals surface area (Å²) in [6.45, 7) is 6.53. The van der Waals surface area contributed by atoms with E-state index in [1.807, 2.05) is 0 Å². The largest absolute Gasteiger partial charge is 0.459 e. The smallest absolute Gasteiger partial charge is 0.325 e. The Morgan fingerprint density at radius 1 is 1.00 bits per heavy atom. The van der Waals surface area contributed by atoms with Gasteiger partial charge in [-0.2, -0.15) is 10.2 Å². The maximum absolute atomic E-state index is 15.7. The Bertz CT molecular complexity index is 1920. The molecule has 2 N–H and O–H groups in total. The maximum Gasteiger partial charge on any atom is 0.325 e. The van der Waals surface area contributed by atoms with Crippen LogP contribution in [0.25, 0.3) is 33.1 Å². The summed E-state index contributed by atoms with van der Waals surface area (Å²) in [6.07, 6.45) is 4.62. The van der Waals surface area contributed by atoms with Crippen molar-refractivity contribution in [3.8, 4) is 11.1 Å². The number of benzene rings is 1. The third kappa shape index (κ3) is 8.45. The molecule has 260 valence electrons. The van der Waals surface area contributed by atoms with Crippen molar-refractivity contribution in [1.82, 2.24) is 40.1 Å². The van der Waals surface area contributed by atoms with E-state index in [1.54, 1.807) is 55.7 Å². The monoisotopic (exact) mass is 676 g/mol. The molecule has 3 aromatic heterocycles. The van der Waals surface area contributed by atoms with Crippen LogP contribution in [0.1, 0.15) is 65.0 Å². The topological polar surface area (TPSA) is 170 Å². The molecule has 1 aliphatic heterocycles. The van der Waals surface area contributed by atoms with Crippen LogP contribution in [0.3, 0.4) is 0 Å². The van der Waals surface area contributed by atoms with E-state index in [1.165, 1.54) is 23.9 Å². The number of nitrogens with zero attached hydrogens (tertiary/aromatic N) is 6. The quantitative estimate of drug-likeness (QED) is 0.227. The fraction of sp³-hybridized carbons (Fsp3) is 0.471. The number of aromatic nitrogens is 5. The zero-order valence-electron chi connectivity index (χ0n) is 28.3. The highest BCUT2D eigenvalue weighted by atomic mass is 19.1. The molecule has 5 rings (SSSR count). The van der Waals surface area contributed by atoms with E-state index < -0.39 is 29.2 Å². The van der Waals surface area contributed by atoms with Crippen molar-refractivity contribution in [1.29, 1.82) is 0 Å². The Balaban J connectivity index is 1.40. The number of halogens is 1. The van der Waals surface area contributed by atoms with Gasteiger partial charge >= 0.3 is 5.97 Å². The van der Waals surface area contributed by atoms with Crippen LogP contribution in [0, 0.1) is 5.82 Å². The second kappa shape index (κ2) is 14.5. The molecular formula is C34H41FN8O6. The molecule has 49 heavy (non-hydrogen) atoms. The fourth-order valence-corrected chi connectivity index (χ4v) is 5.95. The molecule has 1 aliphatic rings. The lowest BCUT2D eigenvalue weighted by atomic mass is 9.89. The average Bonchev–Trinajstić information content (AvgIpc) is 3.60. The predicted molar refractivity (Wildman–Crippen MR) is 178 cm³/mol. The number of likely N-dealkylation sites (tertiary alicyclic amines) is 1. The van der Waals surface area contributed by atoms with Crippen molar-refractivity contribution in [2.75, 3.05) is 26.2 Å². The van der Waals surface area contributed by atoms with Gasteiger partial charge in [0, 0.05) is 56.0 Å². The normalized spacial score (nSPS) is 13.9. The number of ketones is 1. The molecule has 4 aromatic rings. The van der Waals surface area contributed by atoms with Crippen LogP contribution in [-0.2, 0) is 42.3 Å². The summed E-state index contributed by atoms with van der Waals surface area (Å²) in [6, 6.07) is 4.88. The number of hydrogen-bond acceptors (Lipinski definition) is 9. The average molecular weight is 677 g/mol. The lowest BCUT2D eigenvalue weighted by molar-refractivity contribution is -0.154. The molecular weight excluding hydrogens is 635 g/mol. The van der Waals surface area contributed by atoms with Gasteiger partial charge in [-0.1, -0.05) is 0 Å². The van der Waals surface area contributed by atoms with Crippen molar-refractivity contribution in [3.63, 3.8) is 0 Å². The number of Topliss-reactive ketones (excluding diaryl/α,β-unsaturated/α-hetero) is 1. The van der Waals surface area contributed by atoms with Crippen LogP contribution in [-0.4, -0.2) is 90.7 Å². The van der Waals surface area contributed by atoms with Crippen LogP contribution < -0.4 is 10.6 Å². The van der Waals surface area contributed by atoms with Gasteiger partial charge in [0.15, 0.2) is 5.65 Å². The van der Waals surface area contributed by atoms with Crippen LogP contribution >= 0.6 is 0 Å². The maximum atomic E-state index is 15.7. The summed E-state index contributed by atoms with van der Waals surface area (Å²) < 4.78 is 24.0. The molecule has 0 aliphatic carbocycles. The third-order valence-corrected chi connectivity index (χ3v) is 8.30. The molecule has 4 heterocycles. The van der Waals surface area contributed by atoms with Gasteiger partial charge in [0.25, 0.3) is 0 Å². The molecule has 0 unspecified atom stereocenters. The van der Waals surface area contributed by atoms with Gasteiger partial charge in [-0.15, -0.1) is 0 Å². The summed E-state index contributed by atoms with van der Waals surface area (Å²) in [5, 5.41) is 15.3. The Labute approximate surface area is 282 Å². The van der Waals surface area contributed by atoms with Gasteiger partial charge in [-0.3, -0.25) is 23.9 Å². The van der Waals surface area contributed by atoms with Gasteiger partial charge in [-0.25, -0.2) is 14.1 Å². The minimum atomic E-state index is -0.697. The highest BCUT2D eigenvalue weighted by molar-refractivity contribution is 5.98. The Kier molecular flexibility index (Phi) is 10.4. The molecule has 3 amide bonds. The van der Waals surface area contributed by atoms with Gasteiger partial charge in [0.1, 0.15) is 30.3 Å². The van der Waals surface area contributed by atoms with Crippen LogP contribution in [0.15, 0.2) is 30.6 Å². The molecule has 0 saturated carbocycles. The van der Waals surface area contributed by atoms with Crippen molar-refractivity contribution in [2.24, 2.45) is 7.05 Å². The van der Waals surface area contributed by atoms with E-state index in [4.69, 9.17) is 9.84 Å². The molecule has 15 heteroatoms. The first kappa shape index (κ1) is 35.1. The molecule has 0 spiro atoms. The van der Waals surface area contributed by atoms with Crippen LogP contribution in [0.2, 0.25) is 0 Å². The number of nitrogens with one attached hydrogen (secondary N) is 2.